The standard InChI is InChI=1S/C22H17Cl5N2O6/c1-8(2)19(22(33)35-7-12(30)28-10-6-9(23)4-5-11(10)34-3)29-20(31)13-14(21(29)32)16(25)18(27)17(26)15(13)24/h4-6,8,19H,7H2,1-3H3,(H,28,30)/t19-/m1/s1. The van der Waals surface area contributed by atoms with Crippen LogP contribution in [0.5, 0.6) is 5.75 Å². The predicted octanol–water partition coefficient (Wildman–Crippen LogP) is 5.76. The SMILES string of the molecule is COc1ccc(Cl)cc1NC(=O)COC(=O)[C@@H](C(C)C)N1C(=O)c2c(Cl)c(Cl)c(Cl)c(Cl)c2C1=O. The van der Waals surface area contributed by atoms with E-state index >= 15 is 0 Å². The van der Waals surface area contributed by atoms with Crippen LogP contribution in [0.15, 0.2) is 18.2 Å². The van der Waals surface area contributed by atoms with Crippen LogP contribution in [0.3, 0.4) is 0 Å². The summed E-state index contributed by atoms with van der Waals surface area (Å²) in [6.45, 7) is 2.48. The molecular weight excluding hydrogens is 566 g/mol. The molecule has 0 saturated carbocycles. The van der Waals surface area contributed by atoms with Gasteiger partial charge in [-0.1, -0.05) is 71.9 Å². The molecule has 0 unspecified atom stereocenters. The van der Waals surface area contributed by atoms with E-state index < -0.39 is 42.3 Å². The first-order valence-electron chi connectivity index (χ1n) is 9.94. The summed E-state index contributed by atoms with van der Waals surface area (Å²) in [5.41, 5.74) is -0.263. The Hall–Kier alpha value is -2.23. The van der Waals surface area contributed by atoms with Gasteiger partial charge in [0.15, 0.2) is 6.61 Å². The van der Waals surface area contributed by atoms with Crippen molar-refractivity contribution in [1.29, 1.82) is 0 Å². The van der Waals surface area contributed by atoms with Crippen molar-refractivity contribution >= 4 is 87.4 Å². The summed E-state index contributed by atoms with van der Waals surface area (Å²) >= 11 is 30.3. The fraction of sp³-hybridized carbons (Fsp3) is 0.273. The second-order valence-electron chi connectivity index (χ2n) is 7.68. The van der Waals surface area contributed by atoms with E-state index in [0.29, 0.717) is 15.7 Å². The minimum Gasteiger partial charge on any atom is -0.495 e. The number of nitrogens with one attached hydrogen (secondary N) is 1. The molecule has 0 bridgehead atoms. The number of halogens is 5. The molecule has 0 aliphatic carbocycles. The second kappa shape index (κ2) is 10.8. The highest BCUT2D eigenvalue weighted by molar-refractivity contribution is 6.55. The maximum absolute atomic E-state index is 13.1. The van der Waals surface area contributed by atoms with Gasteiger partial charge >= 0.3 is 5.97 Å². The third-order valence-electron chi connectivity index (χ3n) is 5.06. The third-order valence-corrected chi connectivity index (χ3v) is 7.10. The van der Waals surface area contributed by atoms with Gasteiger partial charge in [0.1, 0.15) is 11.8 Å². The molecule has 0 aromatic heterocycles. The lowest BCUT2D eigenvalue weighted by Gasteiger charge is -2.27. The van der Waals surface area contributed by atoms with Crippen LogP contribution in [0.2, 0.25) is 25.1 Å². The molecule has 186 valence electrons. The molecule has 1 N–H and O–H groups in total. The molecule has 3 rings (SSSR count). The van der Waals surface area contributed by atoms with Gasteiger partial charge in [0.2, 0.25) is 0 Å². The van der Waals surface area contributed by atoms with E-state index in [4.69, 9.17) is 67.5 Å². The number of carbonyl (C=O) groups excluding carboxylic acids is 4. The van der Waals surface area contributed by atoms with Crippen molar-refractivity contribution in [2.24, 2.45) is 5.92 Å². The number of amides is 3. The van der Waals surface area contributed by atoms with Crippen molar-refractivity contribution < 1.29 is 28.7 Å². The molecule has 0 spiro atoms. The lowest BCUT2D eigenvalue weighted by atomic mass is 10.0. The van der Waals surface area contributed by atoms with Crippen molar-refractivity contribution in [3.8, 4) is 5.75 Å². The number of rotatable bonds is 7. The Labute approximate surface area is 225 Å². The van der Waals surface area contributed by atoms with E-state index in [1.54, 1.807) is 26.0 Å². The average molecular weight is 583 g/mol. The monoisotopic (exact) mass is 580 g/mol. The molecular formula is C22H17Cl5N2O6. The Balaban J connectivity index is 1.81. The number of esters is 1. The number of hydrogen-bond donors (Lipinski definition) is 1. The summed E-state index contributed by atoms with van der Waals surface area (Å²) in [6, 6.07) is 3.19. The Kier molecular flexibility index (Phi) is 8.44. The van der Waals surface area contributed by atoms with Crippen LogP contribution in [0.4, 0.5) is 5.69 Å². The number of hydrogen-bond acceptors (Lipinski definition) is 6. The van der Waals surface area contributed by atoms with Crippen molar-refractivity contribution in [2.45, 2.75) is 19.9 Å². The Morgan fingerprint density at radius 1 is 0.943 bits per heavy atom. The number of imide groups is 1. The molecule has 0 radical (unpaired) electrons. The fourth-order valence-corrected chi connectivity index (χ4v) is 4.67. The molecule has 35 heavy (non-hydrogen) atoms. The minimum atomic E-state index is -1.39. The summed E-state index contributed by atoms with van der Waals surface area (Å²) in [6.07, 6.45) is 0. The Morgan fingerprint density at radius 3 is 1.97 bits per heavy atom. The molecule has 3 amide bonds. The van der Waals surface area contributed by atoms with Gasteiger partial charge in [0, 0.05) is 5.02 Å². The normalized spacial score (nSPS) is 13.7. The molecule has 1 aliphatic heterocycles. The topological polar surface area (TPSA) is 102 Å². The Bertz CT molecular complexity index is 1200. The molecule has 1 atom stereocenters. The molecule has 1 aliphatic rings. The lowest BCUT2D eigenvalue weighted by Crippen LogP contribution is -2.49. The summed E-state index contributed by atoms with van der Waals surface area (Å²) in [7, 11) is 1.41. The van der Waals surface area contributed by atoms with Crippen molar-refractivity contribution in [3.63, 3.8) is 0 Å². The van der Waals surface area contributed by atoms with Gasteiger partial charge in [-0.25, -0.2) is 4.79 Å². The van der Waals surface area contributed by atoms with Gasteiger partial charge in [-0.3, -0.25) is 19.3 Å². The van der Waals surface area contributed by atoms with E-state index in [-0.39, 0.29) is 36.9 Å². The van der Waals surface area contributed by atoms with Crippen LogP contribution in [-0.4, -0.2) is 48.3 Å². The molecule has 1 heterocycles. The van der Waals surface area contributed by atoms with E-state index in [1.165, 1.54) is 13.2 Å². The van der Waals surface area contributed by atoms with Crippen LogP contribution in [0, 0.1) is 5.92 Å². The van der Waals surface area contributed by atoms with Crippen molar-refractivity contribution in [1.82, 2.24) is 4.90 Å². The number of carbonyl (C=O) groups is 4. The number of fused-ring (bicyclic) bond motifs is 1. The van der Waals surface area contributed by atoms with Crippen LogP contribution in [0.25, 0.3) is 0 Å². The van der Waals surface area contributed by atoms with E-state index in [1.807, 2.05) is 0 Å². The number of nitrogens with zero attached hydrogens (tertiary/aromatic N) is 1. The molecule has 0 saturated heterocycles. The van der Waals surface area contributed by atoms with Gasteiger partial charge in [0.25, 0.3) is 17.7 Å². The Morgan fingerprint density at radius 2 is 1.49 bits per heavy atom. The van der Waals surface area contributed by atoms with Crippen molar-refractivity contribution in [3.05, 3.63) is 54.4 Å². The first-order valence-corrected chi connectivity index (χ1v) is 11.8. The molecule has 0 fully saturated rings. The quantitative estimate of drug-likeness (QED) is 0.193. The van der Waals surface area contributed by atoms with Gasteiger partial charge in [-0.15, -0.1) is 0 Å². The summed E-state index contributed by atoms with van der Waals surface area (Å²) in [4.78, 5) is 52.2. The highest BCUT2D eigenvalue weighted by Gasteiger charge is 2.48. The maximum atomic E-state index is 13.1. The predicted molar refractivity (Wildman–Crippen MR) is 133 cm³/mol. The van der Waals surface area contributed by atoms with Crippen molar-refractivity contribution in [2.75, 3.05) is 19.0 Å². The van der Waals surface area contributed by atoms with Gasteiger partial charge in [-0.2, -0.15) is 0 Å². The third kappa shape index (κ3) is 5.17. The average Bonchev–Trinajstić information content (AvgIpc) is 3.05. The highest BCUT2D eigenvalue weighted by Crippen LogP contribution is 2.45. The molecule has 2 aromatic rings. The van der Waals surface area contributed by atoms with Crippen LogP contribution in [0.1, 0.15) is 34.6 Å². The first-order chi connectivity index (χ1) is 16.4. The summed E-state index contributed by atoms with van der Waals surface area (Å²) < 4.78 is 10.3. The lowest BCUT2D eigenvalue weighted by molar-refractivity contribution is -0.152. The second-order valence-corrected chi connectivity index (χ2v) is 9.62. The number of benzene rings is 2. The molecule has 2 aromatic carbocycles. The minimum absolute atomic E-state index is 0.197. The van der Waals surface area contributed by atoms with E-state index in [9.17, 15) is 19.2 Å². The maximum Gasteiger partial charge on any atom is 0.330 e. The number of anilines is 1. The van der Waals surface area contributed by atoms with E-state index in [0.717, 1.165) is 0 Å². The largest absolute Gasteiger partial charge is 0.495 e. The van der Waals surface area contributed by atoms with Crippen LogP contribution >= 0.6 is 58.0 Å². The van der Waals surface area contributed by atoms with Gasteiger partial charge in [-0.05, 0) is 24.1 Å². The van der Waals surface area contributed by atoms with Crippen LogP contribution < -0.4 is 10.1 Å². The van der Waals surface area contributed by atoms with Gasteiger partial charge < -0.3 is 14.8 Å². The zero-order chi connectivity index (χ0) is 26.2. The fourth-order valence-electron chi connectivity index (χ4n) is 3.48. The molecule has 13 heteroatoms. The summed E-state index contributed by atoms with van der Waals surface area (Å²) in [5, 5.41) is 1.95. The summed E-state index contributed by atoms with van der Waals surface area (Å²) in [5.74, 6) is -3.73. The zero-order valence-electron chi connectivity index (χ0n) is 18.4. The first kappa shape index (κ1) is 27.4. The zero-order valence-corrected chi connectivity index (χ0v) is 22.2. The van der Waals surface area contributed by atoms with E-state index in [2.05, 4.69) is 5.32 Å². The highest BCUT2D eigenvalue weighted by atomic mass is 35.5. The van der Waals surface area contributed by atoms with Gasteiger partial charge in [0.05, 0.1) is 44.0 Å². The smallest absolute Gasteiger partial charge is 0.330 e. The number of methoxy groups -OCH3 is 1. The van der Waals surface area contributed by atoms with Crippen LogP contribution in [-0.2, 0) is 14.3 Å². The molecule has 8 nitrogen and oxygen atoms in total. The number of ether oxygens (including phenoxy) is 2.